The third kappa shape index (κ3) is 0.564. The molecule has 7 nitrogen and oxygen atoms in total. The Hall–Kier alpha value is -1.20. The quantitative estimate of drug-likeness (QED) is 0.591. The molecule has 0 aliphatic carbocycles. The highest BCUT2D eigenvalue weighted by molar-refractivity contribution is 7.49. The fourth-order valence-corrected chi connectivity index (χ4v) is 2.21. The summed E-state index contributed by atoms with van der Waals surface area (Å²) in [5, 5.41) is 3.84. The van der Waals surface area contributed by atoms with E-state index in [0.717, 1.165) is 0 Å². The Bertz CT molecular complexity index is 413. The maximum atomic E-state index is 11.4. The number of phosphoric ester groups is 1. The molecule has 2 N–H and O–H groups in total. The van der Waals surface area contributed by atoms with Crippen molar-refractivity contribution in [1.29, 1.82) is 0 Å². The molecule has 1 aromatic heterocycles. The van der Waals surface area contributed by atoms with Crippen molar-refractivity contribution in [1.82, 2.24) is 9.78 Å². The van der Waals surface area contributed by atoms with Crippen molar-refractivity contribution in [3.63, 3.8) is 0 Å². The second-order valence-electron chi connectivity index (χ2n) is 2.41. The van der Waals surface area contributed by atoms with Gasteiger partial charge in [-0.1, -0.05) is 0 Å². The summed E-state index contributed by atoms with van der Waals surface area (Å²) in [4.78, 5) is 0. The molecule has 1 aromatic rings. The summed E-state index contributed by atoms with van der Waals surface area (Å²) in [6.45, 7) is -0.00386. The third-order valence-corrected chi connectivity index (χ3v) is 2.89. The predicted octanol–water partition coefficient (Wildman–Crippen LogP) is 0.332. The topological polar surface area (TPSA) is 88.6 Å². The molecule has 3 aliphatic rings. The van der Waals surface area contributed by atoms with Crippen LogP contribution in [0.1, 0.15) is 0 Å². The van der Waals surface area contributed by atoms with Crippen molar-refractivity contribution in [3.8, 4) is 11.6 Å². The highest BCUT2D eigenvalue weighted by Crippen LogP contribution is 2.62. The number of aromatic nitrogens is 2. The Morgan fingerprint density at radius 2 is 2.42 bits per heavy atom. The van der Waals surface area contributed by atoms with Gasteiger partial charge in [-0.05, 0) is 0 Å². The molecule has 3 aliphatic heterocycles. The number of anilines is 1. The number of phosphoric acid groups is 1. The SMILES string of the molecule is Nc1c2c3nn1COP(=O)(O3)O2. The van der Waals surface area contributed by atoms with E-state index in [4.69, 9.17) is 19.3 Å². The summed E-state index contributed by atoms with van der Waals surface area (Å²) in [6, 6.07) is 0. The molecular formula is C4H4N3O4P. The molecular weight excluding hydrogens is 185 g/mol. The van der Waals surface area contributed by atoms with Gasteiger partial charge >= 0.3 is 7.82 Å². The Labute approximate surface area is 66.6 Å². The van der Waals surface area contributed by atoms with Crippen molar-refractivity contribution in [2.75, 3.05) is 5.73 Å². The van der Waals surface area contributed by atoms with Crippen LogP contribution < -0.4 is 14.8 Å². The third-order valence-electron chi connectivity index (χ3n) is 1.66. The minimum atomic E-state index is -3.43. The maximum Gasteiger partial charge on any atom is 0.591 e. The average Bonchev–Trinajstić information content (AvgIpc) is 2.32. The van der Waals surface area contributed by atoms with Gasteiger partial charge in [0, 0.05) is 0 Å². The van der Waals surface area contributed by atoms with Crippen LogP contribution in [0.4, 0.5) is 5.82 Å². The fraction of sp³-hybridized carbons (Fsp3) is 0.250. The molecule has 4 heterocycles. The summed E-state index contributed by atoms with van der Waals surface area (Å²) in [6.07, 6.45) is 0. The molecule has 0 fully saturated rings. The van der Waals surface area contributed by atoms with Crippen molar-refractivity contribution in [2.24, 2.45) is 0 Å². The predicted molar refractivity (Wildman–Crippen MR) is 36.6 cm³/mol. The van der Waals surface area contributed by atoms with Gasteiger partial charge in [0.2, 0.25) is 5.75 Å². The maximum absolute atomic E-state index is 11.4. The smallest absolute Gasteiger partial charge is 0.385 e. The molecule has 0 saturated heterocycles. The van der Waals surface area contributed by atoms with Crippen molar-refractivity contribution in [3.05, 3.63) is 0 Å². The van der Waals surface area contributed by atoms with Crippen LogP contribution >= 0.6 is 7.82 Å². The molecule has 0 radical (unpaired) electrons. The monoisotopic (exact) mass is 189 g/mol. The molecule has 1 unspecified atom stereocenters. The van der Waals surface area contributed by atoms with Gasteiger partial charge in [-0.15, -0.1) is 5.10 Å². The first-order valence-electron chi connectivity index (χ1n) is 3.18. The molecule has 4 bridgehead atoms. The summed E-state index contributed by atoms with van der Waals surface area (Å²) in [7, 11) is -3.43. The van der Waals surface area contributed by atoms with E-state index in [1.165, 1.54) is 4.68 Å². The van der Waals surface area contributed by atoms with Crippen molar-refractivity contribution >= 4 is 13.6 Å². The minimum absolute atomic E-state index is 0.00386. The van der Waals surface area contributed by atoms with Gasteiger partial charge < -0.3 is 14.8 Å². The van der Waals surface area contributed by atoms with Crippen LogP contribution in [0.15, 0.2) is 0 Å². The van der Waals surface area contributed by atoms with Gasteiger partial charge in [-0.25, -0.2) is 13.8 Å². The zero-order valence-electron chi connectivity index (χ0n) is 5.76. The highest BCUT2D eigenvalue weighted by Gasteiger charge is 2.46. The van der Waals surface area contributed by atoms with E-state index < -0.39 is 7.82 Å². The molecule has 0 saturated carbocycles. The second kappa shape index (κ2) is 1.60. The van der Waals surface area contributed by atoms with Crippen LogP contribution in [0.5, 0.6) is 11.6 Å². The number of nitrogens with two attached hydrogens (primary N) is 1. The largest absolute Gasteiger partial charge is 0.591 e. The van der Waals surface area contributed by atoms with Gasteiger partial charge in [0.05, 0.1) is 0 Å². The molecule has 8 heteroatoms. The van der Waals surface area contributed by atoms with E-state index in [1.54, 1.807) is 0 Å². The Balaban J connectivity index is 2.34. The van der Waals surface area contributed by atoms with Gasteiger partial charge in [0.25, 0.3) is 5.88 Å². The van der Waals surface area contributed by atoms with Crippen molar-refractivity contribution < 1.29 is 18.1 Å². The second-order valence-corrected chi connectivity index (χ2v) is 3.92. The van der Waals surface area contributed by atoms with Crippen LogP contribution in [0.25, 0.3) is 0 Å². The summed E-state index contributed by atoms with van der Waals surface area (Å²) >= 11 is 0. The summed E-state index contributed by atoms with van der Waals surface area (Å²) in [5.74, 6) is 0.643. The van der Waals surface area contributed by atoms with Gasteiger partial charge in [0.1, 0.15) is 0 Å². The normalized spacial score (nSPS) is 29.7. The lowest BCUT2D eigenvalue weighted by Gasteiger charge is -2.03. The molecule has 0 spiro atoms. The van der Waals surface area contributed by atoms with E-state index in [9.17, 15) is 4.57 Å². The van der Waals surface area contributed by atoms with E-state index in [1.807, 2.05) is 0 Å². The summed E-state index contributed by atoms with van der Waals surface area (Å²) < 4.78 is 27.2. The van der Waals surface area contributed by atoms with E-state index in [2.05, 4.69) is 5.10 Å². The van der Waals surface area contributed by atoms with E-state index in [-0.39, 0.29) is 24.2 Å². The van der Waals surface area contributed by atoms with Crippen LogP contribution in [-0.4, -0.2) is 9.78 Å². The van der Waals surface area contributed by atoms with Crippen LogP contribution in [0, 0.1) is 0 Å². The van der Waals surface area contributed by atoms with Crippen molar-refractivity contribution in [2.45, 2.75) is 6.73 Å². The average molecular weight is 189 g/mol. The lowest BCUT2D eigenvalue weighted by molar-refractivity contribution is 0.186. The minimum Gasteiger partial charge on any atom is -0.385 e. The molecule has 0 aromatic carbocycles. The molecule has 0 amide bonds. The summed E-state index contributed by atoms with van der Waals surface area (Å²) in [5.41, 5.74) is 5.55. The van der Waals surface area contributed by atoms with Gasteiger partial charge in [-0.3, -0.25) is 0 Å². The van der Waals surface area contributed by atoms with Gasteiger partial charge in [0.15, 0.2) is 12.5 Å². The zero-order valence-corrected chi connectivity index (χ0v) is 6.65. The number of hydrogen-bond acceptors (Lipinski definition) is 6. The van der Waals surface area contributed by atoms with Crippen LogP contribution in [0.3, 0.4) is 0 Å². The Kier molecular flexibility index (Phi) is 0.842. The van der Waals surface area contributed by atoms with Gasteiger partial charge in [-0.2, -0.15) is 0 Å². The number of hydrogen-bond donors (Lipinski definition) is 1. The zero-order chi connectivity index (χ0) is 8.34. The number of nitrogens with zero attached hydrogens (tertiary/aromatic N) is 2. The lowest BCUT2D eigenvalue weighted by Crippen LogP contribution is -2.03. The van der Waals surface area contributed by atoms with E-state index >= 15 is 0 Å². The van der Waals surface area contributed by atoms with E-state index in [0.29, 0.717) is 0 Å². The fourth-order valence-electron chi connectivity index (χ4n) is 1.09. The van der Waals surface area contributed by atoms with Crippen LogP contribution in [-0.2, 0) is 15.8 Å². The first kappa shape index (κ1) is 6.33. The number of nitrogen functional groups attached to an aromatic ring is 1. The first-order chi connectivity index (χ1) is 5.68. The number of rotatable bonds is 0. The standard InChI is InChI=1S/C4H4N3O4P/c5-3-2-4-6-7(3)1-9-12(8,10-2)11-4/h1,5H2. The molecule has 12 heavy (non-hydrogen) atoms. The first-order valence-corrected chi connectivity index (χ1v) is 4.64. The molecule has 64 valence electrons. The Morgan fingerprint density at radius 1 is 1.58 bits per heavy atom. The molecule has 1 atom stereocenters. The lowest BCUT2D eigenvalue weighted by atomic mass is 10.6. The Morgan fingerprint density at radius 3 is 3.17 bits per heavy atom. The highest BCUT2D eigenvalue weighted by atomic mass is 31.2. The number of fused-ring (bicyclic) bond motifs is 1. The van der Waals surface area contributed by atoms with Crippen LogP contribution in [0.2, 0.25) is 0 Å². The molecule has 4 rings (SSSR count).